The van der Waals surface area contributed by atoms with Gasteiger partial charge in [-0.05, 0) is 35.4 Å². The van der Waals surface area contributed by atoms with Gasteiger partial charge in [0.25, 0.3) is 0 Å². The quantitative estimate of drug-likeness (QED) is 0.673. The lowest BCUT2D eigenvalue weighted by Gasteiger charge is -2.15. The number of nitrogens with one attached hydrogen (secondary N) is 1. The molecule has 0 radical (unpaired) electrons. The molecular weight excluding hydrogens is 310 g/mol. The number of aromatic nitrogens is 4. The molecule has 1 fully saturated rings. The monoisotopic (exact) mass is 331 g/mol. The summed E-state index contributed by atoms with van der Waals surface area (Å²) < 4.78 is 1.66. The van der Waals surface area contributed by atoms with E-state index in [1.165, 1.54) is 37.4 Å². The lowest BCUT2D eigenvalue weighted by molar-refractivity contribution is -0.119. The largest absolute Gasteiger partial charge is 0.353 e. The maximum Gasteiger partial charge on any atom is 0.230 e. The Morgan fingerprint density at radius 1 is 1.17 bits per heavy atom. The molecule has 1 aromatic carbocycles. The first-order valence-corrected chi connectivity index (χ1v) is 9.07. The van der Waals surface area contributed by atoms with Crippen LogP contribution in [-0.2, 0) is 4.79 Å². The Kier molecular flexibility index (Phi) is 5.63. The number of tetrazole rings is 1. The number of hydrogen-bond donors (Lipinski definition) is 1. The van der Waals surface area contributed by atoms with Crippen LogP contribution in [0.25, 0.3) is 5.69 Å². The first-order valence-electron chi connectivity index (χ1n) is 8.09. The summed E-state index contributed by atoms with van der Waals surface area (Å²) in [5.41, 5.74) is 0.893. The fourth-order valence-corrected chi connectivity index (χ4v) is 3.53. The predicted molar refractivity (Wildman–Crippen MR) is 89.5 cm³/mol. The van der Waals surface area contributed by atoms with Gasteiger partial charge in [0.15, 0.2) is 0 Å². The van der Waals surface area contributed by atoms with E-state index in [-0.39, 0.29) is 5.91 Å². The van der Waals surface area contributed by atoms with Crippen LogP contribution in [-0.4, -0.2) is 37.9 Å². The standard InChI is InChI=1S/C16H21N5OS/c22-15(17-13-8-4-1-2-5-9-13)12-23-16-18-19-20-21(16)14-10-6-3-7-11-14/h3,6-7,10-11,13H,1-2,4-5,8-9,12H2,(H,17,22). The van der Waals surface area contributed by atoms with Crippen molar-refractivity contribution in [3.8, 4) is 5.69 Å². The van der Waals surface area contributed by atoms with Gasteiger partial charge in [0.2, 0.25) is 11.1 Å². The number of amides is 1. The molecule has 0 atom stereocenters. The van der Waals surface area contributed by atoms with E-state index in [1.807, 2.05) is 30.3 Å². The summed E-state index contributed by atoms with van der Waals surface area (Å²) in [6, 6.07) is 10.0. The van der Waals surface area contributed by atoms with Crippen LogP contribution in [0.2, 0.25) is 0 Å². The Balaban J connectivity index is 1.54. The molecule has 1 heterocycles. The molecule has 1 N–H and O–H groups in total. The number of para-hydroxylation sites is 1. The second-order valence-electron chi connectivity index (χ2n) is 5.75. The summed E-state index contributed by atoms with van der Waals surface area (Å²) in [5, 5.41) is 15.5. The molecule has 122 valence electrons. The second kappa shape index (κ2) is 8.10. The topological polar surface area (TPSA) is 72.7 Å². The summed E-state index contributed by atoms with van der Waals surface area (Å²) in [4.78, 5) is 12.2. The van der Waals surface area contributed by atoms with Gasteiger partial charge in [-0.1, -0.05) is 55.6 Å². The number of carbonyl (C=O) groups excluding carboxylic acids is 1. The van der Waals surface area contributed by atoms with Gasteiger partial charge in [-0.15, -0.1) is 5.10 Å². The number of nitrogens with zero attached hydrogens (tertiary/aromatic N) is 4. The number of rotatable bonds is 5. The maximum atomic E-state index is 12.2. The molecule has 23 heavy (non-hydrogen) atoms. The molecule has 7 heteroatoms. The Bertz CT molecular complexity index is 622. The molecule has 0 saturated heterocycles. The number of carbonyl (C=O) groups is 1. The smallest absolute Gasteiger partial charge is 0.230 e. The molecular formula is C16H21N5OS. The SMILES string of the molecule is O=C(CSc1nnnn1-c1ccccc1)NC1CCCCCC1. The van der Waals surface area contributed by atoms with Crippen LogP contribution >= 0.6 is 11.8 Å². The Morgan fingerprint density at radius 3 is 2.65 bits per heavy atom. The zero-order chi connectivity index (χ0) is 15.9. The molecule has 1 aliphatic rings. The van der Waals surface area contributed by atoms with Crippen LogP contribution < -0.4 is 5.32 Å². The lowest BCUT2D eigenvalue weighted by atomic mass is 10.1. The van der Waals surface area contributed by atoms with Crippen LogP contribution in [0.15, 0.2) is 35.5 Å². The first-order chi connectivity index (χ1) is 11.3. The molecule has 1 saturated carbocycles. The van der Waals surface area contributed by atoms with Gasteiger partial charge < -0.3 is 5.32 Å². The second-order valence-corrected chi connectivity index (χ2v) is 6.70. The van der Waals surface area contributed by atoms with E-state index in [0.29, 0.717) is 17.0 Å². The Labute approximate surface area is 140 Å². The normalized spacial score (nSPS) is 16.0. The van der Waals surface area contributed by atoms with E-state index >= 15 is 0 Å². The molecule has 6 nitrogen and oxygen atoms in total. The van der Waals surface area contributed by atoms with E-state index < -0.39 is 0 Å². The van der Waals surface area contributed by atoms with Crippen molar-refractivity contribution in [2.75, 3.05) is 5.75 Å². The third kappa shape index (κ3) is 4.54. The minimum atomic E-state index is 0.0597. The van der Waals surface area contributed by atoms with Crippen LogP contribution in [0.1, 0.15) is 38.5 Å². The molecule has 0 unspecified atom stereocenters. The van der Waals surface area contributed by atoms with Gasteiger partial charge in [0.1, 0.15) is 0 Å². The van der Waals surface area contributed by atoms with Crippen molar-refractivity contribution >= 4 is 17.7 Å². The summed E-state index contributed by atoms with van der Waals surface area (Å²) >= 11 is 1.37. The van der Waals surface area contributed by atoms with Crippen molar-refractivity contribution < 1.29 is 4.79 Å². The van der Waals surface area contributed by atoms with Crippen molar-refractivity contribution in [3.63, 3.8) is 0 Å². The minimum absolute atomic E-state index is 0.0597. The minimum Gasteiger partial charge on any atom is -0.353 e. The van der Waals surface area contributed by atoms with E-state index in [0.717, 1.165) is 18.5 Å². The predicted octanol–water partition coefficient (Wildman–Crippen LogP) is 2.59. The summed E-state index contributed by atoms with van der Waals surface area (Å²) in [5.74, 6) is 0.397. The number of thioether (sulfide) groups is 1. The number of hydrogen-bond acceptors (Lipinski definition) is 5. The average Bonchev–Trinajstić information content (AvgIpc) is 2.91. The van der Waals surface area contributed by atoms with Crippen molar-refractivity contribution in [3.05, 3.63) is 30.3 Å². The van der Waals surface area contributed by atoms with Gasteiger partial charge >= 0.3 is 0 Å². The third-order valence-corrected chi connectivity index (χ3v) is 4.91. The zero-order valence-electron chi connectivity index (χ0n) is 13.0. The maximum absolute atomic E-state index is 12.2. The highest BCUT2D eigenvalue weighted by molar-refractivity contribution is 7.99. The van der Waals surface area contributed by atoms with Crippen LogP contribution in [0, 0.1) is 0 Å². The lowest BCUT2D eigenvalue weighted by Crippen LogP contribution is -2.35. The third-order valence-electron chi connectivity index (χ3n) is 3.99. The van der Waals surface area contributed by atoms with Crippen molar-refractivity contribution in [1.29, 1.82) is 0 Å². The summed E-state index contributed by atoms with van der Waals surface area (Å²) in [6.45, 7) is 0. The van der Waals surface area contributed by atoms with E-state index in [2.05, 4.69) is 20.8 Å². The van der Waals surface area contributed by atoms with E-state index in [4.69, 9.17) is 0 Å². The molecule has 0 bridgehead atoms. The molecule has 1 aliphatic carbocycles. The average molecular weight is 331 g/mol. The van der Waals surface area contributed by atoms with Crippen molar-refractivity contribution in [2.45, 2.75) is 49.7 Å². The molecule has 0 aliphatic heterocycles. The molecule has 2 aromatic rings. The van der Waals surface area contributed by atoms with Gasteiger partial charge in [-0.3, -0.25) is 4.79 Å². The van der Waals surface area contributed by atoms with Gasteiger partial charge in [-0.25, -0.2) is 0 Å². The molecule has 1 aromatic heterocycles. The van der Waals surface area contributed by atoms with E-state index in [9.17, 15) is 4.79 Å². The fourth-order valence-electron chi connectivity index (χ4n) is 2.82. The molecule has 3 rings (SSSR count). The highest BCUT2D eigenvalue weighted by atomic mass is 32.2. The van der Waals surface area contributed by atoms with Crippen LogP contribution in [0.4, 0.5) is 0 Å². The zero-order valence-corrected chi connectivity index (χ0v) is 13.8. The molecule has 1 amide bonds. The van der Waals surface area contributed by atoms with Crippen molar-refractivity contribution in [1.82, 2.24) is 25.5 Å². The van der Waals surface area contributed by atoms with Crippen LogP contribution in [0.3, 0.4) is 0 Å². The summed E-state index contributed by atoms with van der Waals surface area (Å²) in [7, 11) is 0. The van der Waals surface area contributed by atoms with Gasteiger partial charge in [0.05, 0.1) is 11.4 Å². The highest BCUT2D eigenvalue weighted by Crippen LogP contribution is 2.19. The fraction of sp³-hybridized carbons (Fsp3) is 0.500. The molecule has 0 spiro atoms. The van der Waals surface area contributed by atoms with Gasteiger partial charge in [-0.2, -0.15) is 4.68 Å². The summed E-state index contributed by atoms with van der Waals surface area (Å²) in [6.07, 6.45) is 7.19. The Hall–Kier alpha value is -1.89. The van der Waals surface area contributed by atoms with Gasteiger partial charge in [0, 0.05) is 6.04 Å². The van der Waals surface area contributed by atoms with Crippen molar-refractivity contribution in [2.24, 2.45) is 0 Å². The Morgan fingerprint density at radius 2 is 1.91 bits per heavy atom. The number of benzene rings is 1. The van der Waals surface area contributed by atoms with Crippen LogP contribution in [0.5, 0.6) is 0 Å². The first kappa shape index (κ1) is 16.0. The van der Waals surface area contributed by atoms with E-state index in [1.54, 1.807) is 4.68 Å². The highest BCUT2D eigenvalue weighted by Gasteiger charge is 2.16.